The number of nitrogens with one attached hydrogen (secondary N) is 1. The number of likely N-dealkylation sites (N-methyl/N-ethyl adjacent to an activating group) is 1. The summed E-state index contributed by atoms with van der Waals surface area (Å²) in [6.45, 7) is 8.44. The van der Waals surface area contributed by atoms with Gasteiger partial charge < -0.3 is 15.3 Å². The first-order chi connectivity index (χ1) is 9.27. The lowest BCUT2D eigenvalue weighted by atomic mass is 9.71. The number of carbonyl (C=O) groups is 2. The van der Waals surface area contributed by atoms with E-state index in [2.05, 4.69) is 18.8 Å². The van der Waals surface area contributed by atoms with Crippen LogP contribution in [-0.2, 0) is 4.79 Å². The molecule has 1 aliphatic rings. The van der Waals surface area contributed by atoms with Crippen LogP contribution in [0.25, 0.3) is 0 Å². The van der Waals surface area contributed by atoms with Crippen LogP contribution in [0.15, 0.2) is 12.2 Å². The third kappa shape index (κ3) is 4.25. The van der Waals surface area contributed by atoms with Gasteiger partial charge >= 0.3 is 12.0 Å². The smallest absolute Gasteiger partial charge is 0.317 e. The quantitative estimate of drug-likeness (QED) is 0.761. The summed E-state index contributed by atoms with van der Waals surface area (Å²) in [5, 5.41) is 12.3. The predicted octanol–water partition coefficient (Wildman–Crippen LogP) is 2.49. The fourth-order valence-corrected chi connectivity index (χ4v) is 2.64. The van der Waals surface area contributed by atoms with Crippen molar-refractivity contribution >= 4 is 12.0 Å². The van der Waals surface area contributed by atoms with E-state index in [1.54, 1.807) is 7.05 Å². The molecule has 1 saturated carbocycles. The van der Waals surface area contributed by atoms with Crippen LogP contribution in [0.2, 0.25) is 0 Å². The number of carboxylic acid groups (broad SMARTS) is 1. The minimum absolute atomic E-state index is 0.203. The van der Waals surface area contributed by atoms with Gasteiger partial charge in [0.15, 0.2) is 0 Å². The lowest BCUT2D eigenvalue weighted by molar-refractivity contribution is -0.151. The molecule has 5 nitrogen and oxygen atoms in total. The highest BCUT2D eigenvalue weighted by molar-refractivity contribution is 5.78. The Morgan fingerprint density at radius 3 is 2.40 bits per heavy atom. The molecule has 20 heavy (non-hydrogen) atoms. The van der Waals surface area contributed by atoms with Crippen molar-refractivity contribution in [1.29, 1.82) is 0 Å². The second-order valence-corrected chi connectivity index (χ2v) is 6.24. The zero-order valence-corrected chi connectivity index (χ0v) is 12.7. The lowest BCUT2D eigenvalue weighted by Crippen LogP contribution is -2.48. The molecule has 0 aliphatic heterocycles. The molecule has 2 N–H and O–H groups in total. The van der Waals surface area contributed by atoms with E-state index in [9.17, 15) is 14.7 Å². The van der Waals surface area contributed by atoms with Gasteiger partial charge in [0.25, 0.3) is 0 Å². The molecule has 0 radical (unpaired) electrons. The summed E-state index contributed by atoms with van der Waals surface area (Å²) >= 11 is 0. The van der Waals surface area contributed by atoms with E-state index < -0.39 is 11.4 Å². The van der Waals surface area contributed by atoms with Crippen molar-refractivity contribution in [3.63, 3.8) is 0 Å². The van der Waals surface area contributed by atoms with E-state index in [4.69, 9.17) is 0 Å². The number of carbonyl (C=O) groups excluding carboxylic acids is 1. The molecule has 0 spiro atoms. The number of nitrogens with zero attached hydrogens (tertiary/aromatic N) is 1. The van der Waals surface area contributed by atoms with Crippen molar-refractivity contribution in [3.8, 4) is 0 Å². The molecule has 1 fully saturated rings. The number of urea groups is 1. The highest BCUT2D eigenvalue weighted by atomic mass is 16.4. The molecule has 114 valence electrons. The first kappa shape index (κ1) is 16.5. The van der Waals surface area contributed by atoms with Crippen molar-refractivity contribution < 1.29 is 14.7 Å². The van der Waals surface area contributed by atoms with Crippen LogP contribution in [0.3, 0.4) is 0 Å². The average Bonchev–Trinajstić information content (AvgIpc) is 2.37. The molecule has 1 rings (SSSR count). The second kappa shape index (κ2) is 6.77. The van der Waals surface area contributed by atoms with Crippen LogP contribution < -0.4 is 5.32 Å². The molecule has 5 heteroatoms. The molecule has 0 heterocycles. The summed E-state index contributed by atoms with van der Waals surface area (Å²) in [6, 6.07) is -0.243. The standard InChI is InChI=1S/C15H26N2O3/c1-11(2)9-17(4)14(20)16-10-15(13(18)19)7-5-12(3)6-8-15/h12H,1,5-10H2,2-4H3,(H,16,20)(H,18,19). The number of carboxylic acids is 1. The number of hydrogen-bond donors (Lipinski definition) is 2. The van der Waals surface area contributed by atoms with Gasteiger partial charge in [0.05, 0.1) is 5.41 Å². The highest BCUT2D eigenvalue weighted by Crippen LogP contribution is 2.38. The Kier molecular flexibility index (Phi) is 5.60. The average molecular weight is 282 g/mol. The van der Waals surface area contributed by atoms with Crippen LogP contribution in [0, 0.1) is 11.3 Å². The fourth-order valence-electron chi connectivity index (χ4n) is 2.64. The van der Waals surface area contributed by atoms with Crippen LogP contribution in [0.1, 0.15) is 39.5 Å². The number of rotatable bonds is 5. The van der Waals surface area contributed by atoms with Crippen molar-refractivity contribution in [2.24, 2.45) is 11.3 Å². The maximum Gasteiger partial charge on any atom is 0.317 e. The van der Waals surface area contributed by atoms with Crippen molar-refractivity contribution in [3.05, 3.63) is 12.2 Å². The fraction of sp³-hybridized carbons (Fsp3) is 0.733. The Balaban J connectivity index is 2.58. The molecular formula is C15H26N2O3. The molecule has 2 amide bonds. The summed E-state index contributed by atoms with van der Waals surface area (Å²) in [6.07, 6.45) is 3.08. The molecule has 0 aromatic heterocycles. The van der Waals surface area contributed by atoms with Crippen LogP contribution in [-0.4, -0.2) is 42.1 Å². The van der Waals surface area contributed by atoms with Gasteiger partial charge in [0.2, 0.25) is 0 Å². The summed E-state index contributed by atoms with van der Waals surface area (Å²) in [7, 11) is 1.68. The van der Waals surface area contributed by atoms with E-state index in [1.807, 2.05) is 6.92 Å². The minimum Gasteiger partial charge on any atom is -0.481 e. The van der Waals surface area contributed by atoms with Gasteiger partial charge in [-0.3, -0.25) is 4.79 Å². The van der Waals surface area contributed by atoms with Gasteiger partial charge in [-0.25, -0.2) is 4.79 Å². The van der Waals surface area contributed by atoms with E-state index in [0.29, 0.717) is 25.3 Å². The zero-order valence-electron chi connectivity index (χ0n) is 12.7. The van der Waals surface area contributed by atoms with E-state index in [1.165, 1.54) is 4.90 Å². The monoisotopic (exact) mass is 282 g/mol. The van der Waals surface area contributed by atoms with E-state index in [0.717, 1.165) is 18.4 Å². The number of amides is 2. The molecule has 0 bridgehead atoms. The zero-order chi connectivity index (χ0) is 15.3. The number of aliphatic carboxylic acids is 1. The molecule has 0 saturated heterocycles. The van der Waals surface area contributed by atoms with Crippen LogP contribution in [0.4, 0.5) is 4.79 Å². The maximum absolute atomic E-state index is 11.9. The first-order valence-corrected chi connectivity index (χ1v) is 7.13. The molecule has 0 aromatic carbocycles. The van der Waals surface area contributed by atoms with Gasteiger partial charge in [0, 0.05) is 20.1 Å². The van der Waals surface area contributed by atoms with Gasteiger partial charge in [-0.05, 0) is 38.5 Å². The Bertz CT molecular complexity index is 385. The van der Waals surface area contributed by atoms with Crippen molar-refractivity contribution in [2.45, 2.75) is 39.5 Å². The topological polar surface area (TPSA) is 69.6 Å². The van der Waals surface area contributed by atoms with Crippen molar-refractivity contribution in [2.75, 3.05) is 20.1 Å². The first-order valence-electron chi connectivity index (χ1n) is 7.13. The SMILES string of the molecule is C=C(C)CN(C)C(=O)NCC1(C(=O)O)CCC(C)CC1. The summed E-state index contributed by atoms with van der Waals surface area (Å²) in [4.78, 5) is 25.0. The maximum atomic E-state index is 11.9. The Hall–Kier alpha value is -1.52. The molecule has 0 aromatic rings. The number of hydrogen-bond acceptors (Lipinski definition) is 2. The van der Waals surface area contributed by atoms with Gasteiger partial charge in [-0.2, -0.15) is 0 Å². The summed E-state index contributed by atoms with van der Waals surface area (Å²) in [5.41, 5.74) is 0.0915. The molecule has 0 unspecified atom stereocenters. The van der Waals surface area contributed by atoms with Gasteiger partial charge in [-0.15, -0.1) is 0 Å². The van der Waals surface area contributed by atoms with Crippen molar-refractivity contribution in [1.82, 2.24) is 10.2 Å². The Morgan fingerprint density at radius 2 is 1.95 bits per heavy atom. The van der Waals surface area contributed by atoms with E-state index >= 15 is 0 Å². The lowest BCUT2D eigenvalue weighted by Gasteiger charge is -2.36. The Labute approximate surface area is 121 Å². The van der Waals surface area contributed by atoms with Gasteiger partial charge in [-0.1, -0.05) is 19.1 Å². The predicted molar refractivity (Wildman–Crippen MR) is 78.5 cm³/mol. The van der Waals surface area contributed by atoms with E-state index in [-0.39, 0.29) is 12.6 Å². The third-order valence-corrected chi connectivity index (χ3v) is 4.12. The third-order valence-electron chi connectivity index (χ3n) is 4.12. The molecule has 1 aliphatic carbocycles. The molecular weight excluding hydrogens is 256 g/mol. The largest absolute Gasteiger partial charge is 0.481 e. The van der Waals surface area contributed by atoms with Crippen LogP contribution in [0.5, 0.6) is 0 Å². The summed E-state index contributed by atoms with van der Waals surface area (Å²) in [5.74, 6) is -0.225. The second-order valence-electron chi connectivity index (χ2n) is 6.24. The normalized spacial score (nSPS) is 25.9. The summed E-state index contributed by atoms with van der Waals surface area (Å²) < 4.78 is 0. The van der Waals surface area contributed by atoms with Gasteiger partial charge in [0.1, 0.15) is 0 Å². The highest BCUT2D eigenvalue weighted by Gasteiger charge is 2.41. The minimum atomic E-state index is -0.799. The Morgan fingerprint density at radius 1 is 1.40 bits per heavy atom. The molecule has 0 atom stereocenters. The van der Waals surface area contributed by atoms with Crippen LogP contribution >= 0.6 is 0 Å².